The Morgan fingerprint density at radius 1 is 1.41 bits per heavy atom. The highest BCUT2D eigenvalue weighted by Crippen LogP contribution is 2.42. The van der Waals surface area contributed by atoms with Gasteiger partial charge in [0, 0.05) is 18.4 Å². The van der Waals surface area contributed by atoms with E-state index in [-0.39, 0.29) is 46.7 Å². The molecule has 0 spiro atoms. The van der Waals surface area contributed by atoms with Gasteiger partial charge in [0.1, 0.15) is 17.4 Å². The number of rotatable bonds is 6. The third kappa shape index (κ3) is 3.42. The molecule has 0 saturated heterocycles. The van der Waals surface area contributed by atoms with Crippen molar-refractivity contribution in [1.29, 1.82) is 0 Å². The van der Waals surface area contributed by atoms with Crippen molar-refractivity contribution in [3.8, 4) is 5.75 Å². The minimum atomic E-state index is -0.381. The van der Waals surface area contributed by atoms with Crippen molar-refractivity contribution in [2.75, 3.05) is 13.2 Å². The standard InChI is InChI=1S/C15H14Cl2O5/c1-8(19)21-4-2-9-6-10-7-11(22-5-3-18)13(16)14(17)12(10)15(9)20/h3,7,9H,2,4-6H2,1H3. The van der Waals surface area contributed by atoms with E-state index in [0.29, 0.717) is 24.7 Å². The van der Waals surface area contributed by atoms with Crippen LogP contribution >= 0.6 is 23.2 Å². The topological polar surface area (TPSA) is 69.7 Å². The number of hydrogen-bond donors (Lipinski definition) is 0. The first kappa shape index (κ1) is 16.8. The Labute approximate surface area is 137 Å². The monoisotopic (exact) mass is 344 g/mol. The molecule has 5 nitrogen and oxygen atoms in total. The zero-order chi connectivity index (χ0) is 16.3. The fourth-order valence-electron chi connectivity index (χ4n) is 2.45. The second-order valence-electron chi connectivity index (χ2n) is 4.91. The zero-order valence-corrected chi connectivity index (χ0v) is 13.4. The number of benzene rings is 1. The molecule has 0 saturated carbocycles. The van der Waals surface area contributed by atoms with Crippen LogP contribution in [0, 0.1) is 5.92 Å². The average molecular weight is 345 g/mol. The summed E-state index contributed by atoms with van der Waals surface area (Å²) < 4.78 is 10.1. The minimum Gasteiger partial charge on any atom is -0.485 e. The second kappa shape index (κ2) is 7.11. The van der Waals surface area contributed by atoms with Gasteiger partial charge in [-0.1, -0.05) is 23.2 Å². The third-order valence-corrected chi connectivity index (χ3v) is 4.27. The number of ketones is 1. The first-order valence-corrected chi connectivity index (χ1v) is 7.46. The van der Waals surface area contributed by atoms with E-state index in [1.54, 1.807) is 6.07 Å². The van der Waals surface area contributed by atoms with Crippen LogP contribution in [0.3, 0.4) is 0 Å². The van der Waals surface area contributed by atoms with Gasteiger partial charge in [0.15, 0.2) is 12.1 Å². The van der Waals surface area contributed by atoms with Crippen molar-refractivity contribution < 1.29 is 23.9 Å². The summed E-state index contributed by atoms with van der Waals surface area (Å²) in [6.45, 7) is 1.36. The van der Waals surface area contributed by atoms with Gasteiger partial charge in [-0.25, -0.2) is 0 Å². The number of aldehydes is 1. The van der Waals surface area contributed by atoms with Crippen LogP contribution in [0.25, 0.3) is 0 Å². The maximum atomic E-state index is 12.4. The fourth-order valence-corrected chi connectivity index (χ4v) is 2.96. The lowest BCUT2D eigenvalue weighted by Gasteiger charge is -2.10. The van der Waals surface area contributed by atoms with Gasteiger partial charge in [0.2, 0.25) is 0 Å². The summed E-state index contributed by atoms with van der Waals surface area (Å²) in [4.78, 5) is 33.5. The number of fused-ring (bicyclic) bond motifs is 1. The lowest BCUT2D eigenvalue weighted by atomic mass is 10.0. The van der Waals surface area contributed by atoms with Gasteiger partial charge in [0.25, 0.3) is 0 Å². The lowest BCUT2D eigenvalue weighted by molar-refractivity contribution is -0.141. The Balaban J connectivity index is 2.19. The summed E-state index contributed by atoms with van der Waals surface area (Å²) in [6, 6.07) is 1.64. The summed E-state index contributed by atoms with van der Waals surface area (Å²) in [7, 11) is 0. The summed E-state index contributed by atoms with van der Waals surface area (Å²) in [5.41, 5.74) is 1.12. The summed E-state index contributed by atoms with van der Waals surface area (Å²) >= 11 is 12.2. The molecule has 22 heavy (non-hydrogen) atoms. The number of ether oxygens (including phenoxy) is 2. The van der Waals surface area contributed by atoms with Crippen molar-refractivity contribution in [1.82, 2.24) is 0 Å². The second-order valence-corrected chi connectivity index (χ2v) is 5.66. The van der Waals surface area contributed by atoms with Crippen LogP contribution in [0.4, 0.5) is 0 Å². The molecule has 0 radical (unpaired) electrons. The predicted octanol–water partition coefficient (Wildman–Crippen LogP) is 2.88. The maximum Gasteiger partial charge on any atom is 0.302 e. The molecule has 2 rings (SSSR count). The Bertz CT molecular complexity index is 627. The molecule has 0 bridgehead atoms. The van der Waals surface area contributed by atoms with Crippen LogP contribution in [0.5, 0.6) is 5.75 Å². The van der Waals surface area contributed by atoms with Crippen LogP contribution in [0.2, 0.25) is 10.0 Å². The number of Topliss-reactive ketones (excluding diaryl/α,β-unsaturated/α-hetero) is 1. The van der Waals surface area contributed by atoms with Gasteiger partial charge in [-0.05, 0) is 24.5 Å². The Morgan fingerprint density at radius 2 is 2.14 bits per heavy atom. The summed E-state index contributed by atoms with van der Waals surface area (Å²) in [5, 5.41) is 0.260. The molecule has 0 amide bonds. The van der Waals surface area contributed by atoms with E-state index < -0.39 is 0 Å². The van der Waals surface area contributed by atoms with Crippen molar-refractivity contribution in [3.63, 3.8) is 0 Å². The molecule has 1 aromatic rings. The Morgan fingerprint density at radius 3 is 2.77 bits per heavy atom. The molecule has 1 unspecified atom stereocenters. The molecule has 1 aromatic carbocycles. The predicted molar refractivity (Wildman–Crippen MR) is 80.8 cm³/mol. The molecule has 7 heteroatoms. The number of halogens is 2. The van der Waals surface area contributed by atoms with E-state index in [2.05, 4.69) is 0 Å². The highest BCUT2D eigenvalue weighted by Gasteiger charge is 2.34. The lowest BCUT2D eigenvalue weighted by Crippen LogP contribution is -2.13. The summed E-state index contributed by atoms with van der Waals surface area (Å²) in [6.07, 6.45) is 1.50. The van der Waals surface area contributed by atoms with Gasteiger partial charge >= 0.3 is 5.97 Å². The molecular weight excluding hydrogens is 331 g/mol. The van der Waals surface area contributed by atoms with E-state index in [1.165, 1.54) is 6.92 Å². The van der Waals surface area contributed by atoms with E-state index in [9.17, 15) is 14.4 Å². The Hall–Kier alpha value is -1.59. The molecule has 1 atom stereocenters. The van der Waals surface area contributed by atoms with Crippen LogP contribution in [0.15, 0.2) is 6.07 Å². The van der Waals surface area contributed by atoms with Crippen molar-refractivity contribution in [2.45, 2.75) is 19.8 Å². The van der Waals surface area contributed by atoms with Gasteiger partial charge in [-0.15, -0.1) is 0 Å². The van der Waals surface area contributed by atoms with E-state index >= 15 is 0 Å². The molecule has 1 aliphatic rings. The molecular formula is C15H14Cl2O5. The first-order valence-electron chi connectivity index (χ1n) is 6.70. The van der Waals surface area contributed by atoms with Crippen LogP contribution in [-0.4, -0.2) is 31.3 Å². The van der Waals surface area contributed by atoms with Crippen molar-refractivity contribution in [2.24, 2.45) is 5.92 Å². The Kier molecular flexibility index (Phi) is 5.42. The van der Waals surface area contributed by atoms with E-state index in [0.717, 1.165) is 5.56 Å². The number of carbonyl (C=O) groups is 3. The normalized spacial score (nSPS) is 16.3. The van der Waals surface area contributed by atoms with Crippen molar-refractivity contribution >= 4 is 41.2 Å². The van der Waals surface area contributed by atoms with Gasteiger partial charge in [0.05, 0.1) is 11.6 Å². The number of carbonyl (C=O) groups excluding carboxylic acids is 3. The van der Waals surface area contributed by atoms with Crippen molar-refractivity contribution in [3.05, 3.63) is 27.2 Å². The average Bonchev–Trinajstić information content (AvgIpc) is 2.77. The molecule has 0 aliphatic heterocycles. The zero-order valence-electron chi connectivity index (χ0n) is 11.9. The third-order valence-electron chi connectivity index (χ3n) is 3.42. The molecule has 0 heterocycles. The minimum absolute atomic E-state index is 0.115. The maximum absolute atomic E-state index is 12.4. The van der Waals surface area contributed by atoms with Crippen LogP contribution < -0.4 is 4.74 Å². The highest BCUT2D eigenvalue weighted by molar-refractivity contribution is 6.45. The van der Waals surface area contributed by atoms with Crippen LogP contribution in [-0.2, 0) is 20.7 Å². The van der Waals surface area contributed by atoms with Crippen LogP contribution in [0.1, 0.15) is 29.3 Å². The number of hydrogen-bond acceptors (Lipinski definition) is 5. The molecule has 1 aliphatic carbocycles. The molecule has 0 N–H and O–H groups in total. The van der Waals surface area contributed by atoms with E-state index in [4.69, 9.17) is 32.7 Å². The van der Waals surface area contributed by atoms with Gasteiger partial charge in [-0.2, -0.15) is 0 Å². The molecule has 0 aromatic heterocycles. The summed E-state index contributed by atoms with van der Waals surface area (Å²) in [5.74, 6) is -0.514. The van der Waals surface area contributed by atoms with E-state index in [1.807, 2.05) is 0 Å². The molecule has 0 fully saturated rings. The van der Waals surface area contributed by atoms with Gasteiger partial charge < -0.3 is 9.47 Å². The first-order chi connectivity index (χ1) is 10.5. The SMILES string of the molecule is CC(=O)OCCC1Cc2cc(OCC=O)c(Cl)c(Cl)c2C1=O. The van der Waals surface area contributed by atoms with Gasteiger partial charge in [-0.3, -0.25) is 14.4 Å². The highest BCUT2D eigenvalue weighted by atomic mass is 35.5. The quantitative estimate of drug-likeness (QED) is 0.586. The fraction of sp³-hybridized carbons (Fsp3) is 0.400. The number of esters is 1. The molecule has 118 valence electrons. The largest absolute Gasteiger partial charge is 0.485 e. The smallest absolute Gasteiger partial charge is 0.302 e.